The molecule has 0 amide bonds. The van der Waals surface area contributed by atoms with Gasteiger partial charge >= 0.3 is 0 Å². The van der Waals surface area contributed by atoms with Crippen LogP contribution in [0, 0.1) is 12.1 Å². The highest BCUT2D eigenvalue weighted by Crippen LogP contribution is 2.30. The Hall–Kier alpha value is 0.0499. The van der Waals surface area contributed by atoms with Crippen LogP contribution in [0.15, 0.2) is 0 Å². The summed E-state index contributed by atoms with van der Waals surface area (Å²) >= 11 is 0. The van der Waals surface area contributed by atoms with Gasteiger partial charge < -0.3 is 0 Å². The van der Waals surface area contributed by atoms with Crippen molar-refractivity contribution in [3.63, 3.8) is 0 Å². The van der Waals surface area contributed by atoms with Crippen molar-refractivity contribution in [1.82, 2.24) is 0 Å². The van der Waals surface area contributed by atoms with Crippen LogP contribution in [0.4, 0.5) is 4.20 Å². The van der Waals surface area contributed by atoms with Crippen molar-refractivity contribution in [2.45, 2.75) is 0 Å². The zero-order valence-electron chi connectivity index (χ0n) is 3.61. The van der Waals surface area contributed by atoms with Gasteiger partial charge in [0.1, 0.15) is 8.11 Å². The lowest BCUT2D eigenvalue weighted by molar-refractivity contribution is 0.924. The third-order valence-corrected chi connectivity index (χ3v) is 1.25. The molecule has 0 nitrogen and oxygen atoms in total. The maximum absolute atomic E-state index is 11.7. The van der Waals surface area contributed by atoms with Crippen LogP contribution in [0.3, 0.4) is 0 Å². The van der Waals surface area contributed by atoms with Crippen molar-refractivity contribution in [2.75, 3.05) is 0 Å². The van der Waals surface area contributed by atoms with Gasteiger partial charge in [0.15, 0.2) is 6.89 Å². The van der Waals surface area contributed by atoms with Gasteiger partial charge in [-0.2, -0.15) is 0 Å². The molecule has 0 radical (unpaired) electrons. The zero-order valence-corrected chi connectivity index (χ0v) is 4.50. The van der Waals surface area contributed by atoms with Gasteiger partial charge in [0, 0.05) is 0 Å². The van der Waals surface area contributed by atoms with E-state index in [0.29, 0.717) is 6.89 Å². The van der Waals surface area contributed by atoms with Crippen LogP contribution in [0.2, 0.25) is 0 Å². The third-order valence-electron chi connectivity index (χ3n) is 0.418. The lowest BCUT2D eigenvalue weighted by Crippen LogP contribution is -1.76. The Kier molecular flexibility index (Phi) is 3.27. The number of hydrogen-bond donors (Lipinski definition) is 0. The van der Waals surface area contributed by atoms with Gasteiger partial charge in [0.05, 0.1) is 7.74 Å². The molecule has 0 aromatic carbocycles. The predicted octanol–water partition coefficient (Wildman–Crippen LogP) is -0.157. The average Bonchev–Trinajstić information content (AvgIpc) is 1.65. The highest BCUT2D eigenvalue weighted by molar-refractivity contribution is 7.91. The molecular weight excluding hydrogens is 95.6 g/mol. The summed E-state index contributed by atoms with van der Waals surface area (Å²) < 4.78 is 11.7. The SMILES string of the molecule is BBP(F)C#C. The van der Waals surface area contributed by atoms with E-state index in [2.05, 4.69) is 6.42 Å². The average molecular weight is 99.6 g/mol. The van der Waals surface area contributed by atoms with Crippen LogP contribution < -0.4 is 0 Å². The molecule has 0 saturated carbocycles. The van der Waals surface area contributed by atoms with E-state index in [4.69, 9.17) is 0 Å². The summed E-state index contributed by atoms with van der Waals surface area (Å²) in [6, 6.07) is 0. The van der Waals surface area contributed by atoms with Crippen LogP contribution in [-0.4, -0.2) is 14.6 Å². The highest BCUT2D eigenvalue weighted by Gasteiger charge is 1.93. The second kappa shape index (κ2) is 3.25. The monoisotopic (exact) mass is 100 g/mol. The van der Waals surface area contributed by atoms with E-state index >= 15 is 0 Å². The topological polar surface area (TPSA) is 0 Å². The van der Waals surface area contributed by atoms with Gasteiger partial charge in [-0.3, -0.25) is 0 Å². The molecule has 0 heterocycles. The molecule has 0 bridgehead atoms. The molecule has 0 aliphatic heterocycles. The number of rotatable bonds is 1. The Morgan fingerprint density at radius 1 is 2.00 bits per heavy atom. The molecule has 30 valence electrons. The van der Waals surface area contributed by atoms with Crippen LogP contribution in [-0.2, 0) is 0 Å². The molecule has 0 spiro atoms. The molecule has 0 saturated heterocycles. The fourth-order valence-electron chi connectivity index (χ4n) is 0.0913. The fraction of sp³-hybridized carbons (Fsp3) is 0. The summed E-state index contributed by atoms with van der Waals surface area (Å²) in [5.41, 5.74) is 2.01. The van der Waals surface area contributed by atoms with E-state index in [1.807, 2.05) is 5.66 Å². The van der Waals surface area contributed by atoms with Gasteiger partial charge in [-0.05, 0) is 0 Å². The summed E-state index contributed by atoms with van der Waals surface area (Å²) in [7, 11) is 0.193. The van der Waals surface area contributed by atoms with Gasteiger partial charge in [-0.25, -0.2) is 4.20 Å². The lowest BCUT2D eigenvalue weighted by Gasteiger charge is -1.83. The molecular formula is C2H4B2FP. The Labute approximate surface area is 40.0 Å². The molecule has 6 heavy (non-hydrogen) atoms. The molecule has 0 rings (SSSR count). The number of hydrogen-bond acceptors (Lipinski definition) is 0. The minimum atomic E-state index is -1.55. The van der Waals surface area contributed by atoms with Crippen molar-refractivity contribution < 1.29 is 4.20 Å². The van der Waals surface area contributed by atoms with E-state index in [1.165, 1.54) is 0 Å². The van der Waals surface area contributed by atoms with Crippen molar-refractivity contribution >= 4 is 22.7 Å². The second-order valence-electron chi connectivity index (χ2n) is 0.807. The molecule has 1 atom stereocenters. The molecule has 0 aliphatic rings. The summed E-state index contributed by atoms with van der Waals surface area (Å²) in [6.45, 7) is 0.492. The minimum absolute atomic E-state index is 0.492. The summed E-state index contributed by atoms with van der Waals surface area (Å²) in [4.78, 5) is 0. The maximum atomic E-state index is 11.7. The molecule has 0 fully saturated rings. The van der Waals surface area contributed by atoms with E-state index in [9.17, 15) is 4.20 Å². The van der Waals surface area contributed by atoms with Crippen LogP contribution in [0.5, 0.6) is 0 Å². The zero-order chi connectivity index (χ0) is 4.99. The van der Waals surface area contributed by atoms with Crippen molar-refractivity contribution in [3.05, 3.63) is 0 Å². The second-order valence-corrected chi connectivity index (χ2v) is 2.42. The van der Waals surface area contributed by atoms with Gasteiger partial charge in [0.25, 0.3) is 0 Å². The Morgan fingerprint density at radius 2 is 2.50 bits per heavy atom. The lowest BCUT2D eigenvalue weighted by atomic mass is 9.79. The quantitative estimate of drug-likeness (QED) is 0.244. The van der Waals surface area contributed by atoms with Crippen LogP contribution >= 0.6 is 8.11 Å². The Morgan fingerprint density at radius 3 is 2.50 bits per heavy atom. The highest BCUT2D eigenvalue weighted by atomic mass is 31.2. The molecule has 1 unspecified atom stereocenters. The molecule has 0 aliphatic carbocycles. The minimum Gasteiger partial charge on any atom is -0.225 e. The van der Waals surface area contributed by atoms with Crippen molar-refractivity contribution in [3.8, 4) is 12.1 Å². The molecule has 0 aromatic heterocycles. The van der Waals surface area contributed by atoms with Gasteiger partial charge in [-0.15, -0.1) is 6.42 Å². The molecule has 0 N–H and O–H groups in total. The molecule has 4 heteroatoms. The predicted molar refractivity (Wildman–Crippen MR) is 32.6 cm³/mol. The summed E-state index contributed by atoms with van der Waals surface area (Å²) in [5.74, 6) is 0. The van der Waals surface area contributed by atoms with E-state index in [0.717, 1.165) is 0 Å². The summed E-state index contributed by atoms with van der Waals surface area (Å²) in [5, 5.41) is 0. The first kappa shape index (κ1) is 6.05. The number of halogens is 1. The maximum Gasteiger partial charge on any atom is 0.170 e. The Balaban J connectivity index is 3.04. The third kappa shape index (κ3) is 2.30. The first-order valence-corrected chi connectivity index (χ1v) is 3.12. The van der Waals surface area contributed by atoms with Gasteiger partial charge in [0.2, 0.25) is 0 Å². The normalized spacial score (nSPS) is 12.0. The largest absolute Gasteiger partial charge is 0.225 e. The van der Waals surface area contributed by atoms with Crippen molar-refractivity contribution in [1.29, 1.82) is 0 Å². The summed E-state index contributed by atoms with van der Waals surface area (Å²) in [6.07, 6.45) is 4.69. The van der Waals surface area contributed by atoms with Crippen molar-refractivity contribution in [2.24, 2.45) is 0 Å². The fourth-order valence-corrected chi connectivity index (χ4v) is 0.274. The van der Waals surface area contributed by atoms with Crippen LogP contribution in [0.25, 0.3) is 0 Å². The Bertz CT molecular complexity index is 68.4. The van der Waals surface area contributed by atoms with E-state index < -0.39 is 8.11 Å². The van der Waals surface area contributed by atoms with Gasteiger partial charge in [-0.1, -0.05) is 5.66 Å². The molecule has 0 aromatic rings. The van der Waals surface area contributed by atoms with E-state index in [-0.39, 0.29) is 0 Å². The van der Waals surface area contributed by atoms with E-state index in [1.54, 1.807) is 7.74 Å². The van der Waals surface area contributed by atoms with Crippen LogP contribution in [0.1, 0.15) is 0 Å². The standard InChI is InChI=1S/C2H4B2FP/c1-2-6(5)4-3/h1,4H,3H2. The first-order valence-electron chi connectivity index (χ1n) is 1.70. The first-order chi connectivity index (χ1) is 2.81. The number of terminal acetylenes is 1. The smallest absolute Gasteiger partial charge is 0.170 e.